The summed E-state index contributed by atoms with van der Waals surface area (Å²) in [6.07, 6.45) is -4.31. The average molecular weight is 241 g/mol. The van der Waals surface area contributed by atoms with Gasteiger partial charge in [-0.2, -0.15) is 13.2 Å². The summed E-state index contributed by atoms with van der Waals surface area (Å²) in [7, 11) is 0. The van der Waals surface area contributed by atoms with E-state index in [2.05, 4.69) is 10.2 Å². The molecule has 8 heteroatoms. The summed E-state index contributed by atoms with van der Waals surface area (Å²) < 4.78 is 36.5. The number of hydrogen-bond donors (Lipinski definition) is 1. The minimum absolute atomic E-state index is 0.103. The second-order valence-electron chi connectivity index (χ2n) is 2.86. The van der Waals surface area contributed by atoms with Crippen molar-refractivity contribution in [3.8, 4) is 0 Å². The molecule has 0 amide bonds. The van der Waals surface area contributed by atoms with Gasteiger partial charge in [-0.3, -0.25) is 0 Å². The first kappa shape index (κ1) is 12.2. The highest BCUT2D eigenvalue weighted by Crippen LogP contribution is 2.24. The van der Waals surface area contributed by atoms with E-state index < -0.39 is 12.7 Å². The molecular formula is C7H10F3N3OS. The number of aliphatic hydroxyl groups excluding tert-OH is 1. The van der Waals surface area contributed by atoms with Crippen LogP contribution in [0.2, 0.25) is 0 Å². The summed E-state index contributed by atoms with van der Waals surface area (Å²) in [4.78, 5) is 0.963. The molecule has 15 heavy (non-hydrogen) atoms. The van der Waals surface area contributed by atoms with Crippen molar-refractivity contribution in [2.75, 3.05) is 24.6 Å². The Labute approximate surface area is 88.4 Å². The largest absolute Gasteiger partial charge is 0.406 e. The van der Waals surface area contributed by atoms with Crippen molar-refractivity contribution in [1.29, 1.82) is 0 Å². The van der Waals surface area contributed by atoms with Crippen LogP contribution in [0.25, 0.3) is 0 Å². The van der Waals surface area contributed by atoms with Crippen LogP contribution in [0, 0.1) is 6.92 Å². The Hall–Kier alpha value is -0.890. The molecule has 4 nitrogen and oxygen atoms in total. The minimum Gasteiger partial charge on any atom is -0.395 e. The molecule has 0 aromatic carbocycles. The van der Waals surface area contributed by atoms with E-state index in [4.69, 9.17) is 5.11 Å². The zero-order chi connectivity index (χ0) is 11.5. The predicted octanol–water partition coefficient (Wildman–Crippen LogP) is 1.21. The summed E-state index contributed by atoms with van der Waals surface area (Å²) in [5.41, 5.74) is 0. The summed E-state index contributed by atoms with van der Waals surface area (Å²) in [5, 5.41) is 16.7. The van der Waals surface area contributed by atoms with E-state index in [1.165, 1.54) is 0 Å². The first-order chi connectivity index (χ1) is 6.92. The molecule has 0 saturated carbocycles. The van der Waals surface area contributed by atoms with Gasteiger partial charge in [0.2, 0.25) is 5.13 Å². The Morgan fingerprint density at radius 1 is 1.40 bits per heavy atom. The fourth-order valence-electron chi connectivity index (χ4n) is 0.993. The van der Waals surface area contributed by atoms with Crippen molar-refractivity contribution >= 4 is 16.5 Å². The number of halogens is 3. The molecule has 0 aliphatic heterocycles. The van der Waals surface area contributed by atoms with E-state index in [0.717, 1.165) is 16.2 Å². The number of alkyl halides is 3. The zero-order valence-corrected chi connectivity index (χ0v) is 8.77. The highest BCUT2D eigenvalue weighted by atomic mass is 32.1. The third-order valence-corrected chi connectivity index (χ3v) is 2.43. The van der Waals surface area contributed by atoms with Crippen molar-refractivity contribution in [3.05, 3.63) is 5.01 Å². The molecule has 1 heterocycles. The quantitative estimate of drug-likeness (QED) is 0.860. The number of rotatable bonds is 4. The zero-order valence-electron chi connectivity index (χ0n) is 7.95. The monoisotopic (exact) mass is 241 g/mol. The van der Waals surface area contributed by atoms with Gasteiger partial charge in [0.1, 0.15) is 11.6 Å². The lowest BCUT2D eigenvalue weighted by Gasteiger charge is -2.21. The maximum atomic E-state index is 12.2. The molecule has 0 fully saturated rings. The fourth-order valence-corrected chi connectivity index (χ4v) is 1.71. The number of anilines is 1. The van der Waals surface area contributed by atoms with Crippen molar-refractivity contribution in [2.45, 2.75) is 13.1 Å². The van der Waals surface area contributed by atoms with E-state index in [-0.39, 0.29) is 18.3 Å². The highest BCUT2D eigenvalue weighted by molar-refractivity contribution is 7.15. The lowest BCUT2D eigenvalue weighted by Crippen LogP contribution is -2.36. The van der Waals surface area contributed by atoms with Gasteiger partial charge in [0, 0.05) is 6.54 Å². The van der Waals surface area contributed by atoms with Gasteiger partial charge < -0.3 is 10.0 Å². The molecule has 1 rings (SSSR count). The molecule has 1 aromatic rings. The third kappa shape index (κ3) is 4.00. The molecule has 0 saturated heterocycles. The van der Waals surface area contributed by atoms with Gasteiger partial charge in [-0.25, -0.2) is 0 Å². The lowest BCUT2D eigenvalue weighted by atomic mass is 10.5. The summed E-state index contributed by atoms with van der Waals surface area (Å²) >= 11 is 1.07. The SMILES string of the molecule is Cc1nnc(N(CCO)CC(F)(F)F)s1. The Morgan fingerprint density at radius 3 is 2.47 bits per heavy atom. The van der Waals surface area contributed by atoms with Crippen LogP contribution in [0.3, 0.4) is 0 Å². The van der Waals surface area contributed by atoms with E-state index in [1.54, 1.807) is 6.92 Å². The van der Waals surface area contributed by atoms with Gasteiger partial charge in [0.05, 0.1) is 6.61 Å². The number of aryl methyl sites for hydroxylation is 1. The van der Waals surface area contributed by atoms with Crippen LogP contribution in [0.1, 0.15) is 5.01 Å². The van der Waals surface area contributed by atoms with E-state index in [1.807, 2.05) is 0 Å². The number of nitrogens with zero attached hydrogens (tertiary/aromatic N) is 3. The van der Waals surface area contributed by atoms with Crippen LogP contribution in [0.15, 0.2) is 0 Å². The second kappa shape index (κ2) is 4.75. The van der Waals surface area contributed by atoms with Gasteiger partial charge in [-0.05, 0) is 6.92 Å². The van der Waals surface area contributed by atoms with Crippen molar-refractivity contribution < 1.29 is 18.3 Å². The summed E-state index contributed by atoms with van der Waals surface area (Å²) in [5.74, 6) is 0. The first-order valence-electron chi connectivity index (χ1n) is 4.15. The molecule has 86 valence electrons. The Morgan fingerprint density at radius 2 is 2.07 bits per heavy atom. The van der Waals surface area contributed by atoms with Crippen molar-refractivity contribution in [2.24, 2.45) is 0 Å². The van der Waals surface area contributed by atoms with Crippen LogP contribution in [-0.4, -0.2) is 41.2 Å². The van der Waals surface area contributed by atoms with Crippen LogP contribution in [0.5, 0.6) is 0 Å². The van der Waals surface area contributed by atoms with E-state index >= 15 is 0 Å². The fraction of sp³-hybridized carbons (Fsp3) is 0.714. The lowest BCUT2D eigenvalue weighted by molar-refractivity contribution is -0.119. The smallest absolute Gasteiger partial charge is 0.395 e. The highest BCUT2D eigenvalue weighted by Gasteiger charge is 2.31. The molecule has 0 aliphatic rings. The first-order valence-corrected chi connectivity index (χ1v) is 4.96. The maximum absolute atomic E-state index is 12.2. The van der Waals surface area contributed by atoms with Gasteiger partial charge in [-0.1, -0.05) is 11.3 Å². The summed E-state index contributed by atoms with van der Waals surface area (Å²) in [6.45, 7) is 0.0803. The Balaban J connectivity index is 2.74. The molecule has 0 unspecified atom stereocenters. The molecule has 0 bridgehead atoms. The number of aromatic nitrogens is 2. The van der Waals surface area contributed by atoms with Crippen molar-refractivity contribution in [1.82, 2.24) is 10.2 Å². The standard InChI is InChI=1S/C7H10F3N3OS/c1-5-11-12-6(15-5)13(2-3-14)4-7(8,9)10/h14H,2-4H2,1H3. The molecule has 1 N–H and O–H groups in total. The van der Waals surface area contributed by atoms with Crippen LogP contribution >= 0.6 is 11.3 Å². The molecule has 0 spiro atoms. The second-order valence-corrected chi connectivity index (χ2v) is 4.02. The van der Waals surface area contributed by atoms with E-state index in [9.17, 15) is 13.2 Å². The topological polar surface area (TPSA) is 49.2 Å². The van der Waals surface area contributed by atoms with E-state index in [0.29, 0.717) is 5.01 Å². The average Bonchev–Trinajstić information content (AvgIpc) is 2.48. The molecule has 0 radical (unpaired) electrons. The van der Waals surface area contributed by atoms with Crippen molar-refractivity contribution in [3.63, 3.8) is 0 Å². The summed E-state index contributed by atoms with van der Waals surface area (Å²) in [6, 6.07) is 0. The van der Waals surface area contributed by atoms with Gasteiger partial charge >= 0.3 is 6.18 Å². The van der Waals surface area contributed by atoms with Crippen LogP contribution in [-0.2, 0) is 0 Å². The maximum Gasteiger partial charge on any atom is 0.406 e. The Bertz CT molecular complexity index is 315. The van der Waals surface area contributed by atoms with Crippen LogP contribution in [0.4, 0.5) is 18.3 Å². The van der Waals surface area contributed by atoms with Crippen LogP contribution < -0.4 is 4.90 Å². The van der Waals surface area contributed by atoms with Gasteiger partial charge in [0.15, 0.2) is 0 Å². The minimum atomic E-state index is -4.31. The van der Waals surface area contributed by atoms with Gasteiger partial charge in [-0.15, -0.1) is 10.2 Å². The Kier molecular flexibility index (Phi) is 3.86. The predicted molar refractivity (Wildman–Crippen MR) is 50.0 cm³/mol. The number of hydrogen-bond acceptors (Lipinski definition) is 5. The third-order valence-electron chi connectivity index (χ3n) is 1.53. The number of aliphatic hydroxyl groups is 1. The van der Waals surface area contributed by atoms with Gasteiger partial charge in [0.25, 0.3) is 0 Å². The normalized spacial score (nSPS) is 11.8. The molecule has 0 aliphatic carbocycles. The molecular weight excluding hydrogens is 231 g/mol. The molecule has 1 aromatic heterocycles. The molecule has 0 atom stereocenters.